The first-order valence-corrected chi connectivity index (χ1v) is 7.62. The Morgan fingerprint density at radius 3 is 2.64 bits per heavy atom. The van der Waals surface area contributed by atoms with Crippen LogP contribution in [0.3, 0.4) is 0 Å². The molecule has 0 aliphatic carbocycles. The highest BCUT2D eigenvalue weighted by Gasteiger charge is 2.16. The van der Waals surface area contributed by atoms with E-state index in [0.717, 1.165) is 48.9 Å². The molecule has 0 radical (unpaired) electrons. The standard InChI is InChI=1S/C16H20N6/c1-20-7-9-22(10-8-20)12-3-4-13-14(11-12)19-15(18-13)16-17-5-6-21(16)2/h3-6,11H,7-10H2,1-2H3,(H,18,19). The van der Waals surface area contributed by atoms with Crippen molar-refractivity contribution in [3.63, 3.8) is 0 Å². The van der Waals surface area contributed by atoms with E-state index in [1.165, 1.54) is 5.69 Å². The quantitative estimate of drug-likeness (QED) is 0.782. The number of nitrogens with one attached hydrogen (secondary N) is 1. The van der Waals surface area contributed by atoms with Crippen molar-refractivity contribution in [1.29, 1.82) is 0 Å². The Morgan fingerprint density at radius 2 is 1.91 bits per heavy atom. The van der Waals surface area contributed by atoms with Gasteiger partial charge < -0.3 is 19.4 Å². The SMILES string of the molecule is CN1CCN(c2ccc3nc(-c4nccn4C)[nH]c3c2)CC1. The first-order valence-electron chi connectivity index (χ1n) is 7.62. The number of aromatic nitrogens is 4. The van der Waals surface area contributed by atoms with Crippen LogP contribution < -0.4 is 4.90 Å². The topological polar surface area (TPSA) is 53.0 Å². The molecule has 1 aromatic carbocycles. The van der Waals surface area contributed by atoms with Gasteiger partial charge in [0, 0.05) is 51.3 Å². The fourth-order valence-electron chi connectivity index (χ4n) is 2.96. The summed E-state index contributed by atoms with van der Waals surface area (Å²) in [5.41, 5.74) is 3.31. The molecule has 0 spiro atoms. The highest BCUT2D eigenvalue weighted by atomic mass is 15.2. The van der Waals surface area contributed by atoms with E-state index < -0.39 is 0 Å². The van der Waals surface area contributed by atoms with Crippen LogP contribution in [0.5, 0.6) is 0 Å². The van der Waals surface area contributed by atoms with Crippen molar-refractivity contribution < 1.29 is 0 Å². The Kier molecular flexibility index (Phi) is 3.11. The second-order valence-corrected chi connectivity index (χ2v) is 5.94. The minimum absolute atomic E-state index is 0.818. The monoisotopic (exact) mass is 296 g/mol. The fraction of sp³-hybridized carbons (Fsp3) is 0.375. The van der Waals surface area contributed by atoms with Crippen LogP contribution in [0.15, 0.2) is 30.6 Å². The molecule has 6 nitrogen and oxygen atoms in total. The molecule has 1 N–H and O–H groups in total. The summed E-state index contributed by atoms with van der Waals surface area (Å²) in [6.07, 6.45) is 3.72. The highest BCUT2D eigenvalue weighted by molar-refractivity contribution is 5.82. The van der Waals surface area contributed by atoms with Gasteiger partial charge in [-0.15, -0.1) is 0 Å². The van der Waals surface area contributed by atoms with Crippen LogP contribution in [0.1, 0.15) is 0 Å². The Labute approximate surface area is 129 Å². The van der Waals surface area contributed by atoms with Gasteiger partial charge in [0.05, 0.1) is 11.0 Å². The van der Waals surface area contributed by atoms with Gasteiger partial charge in [-0.2, -0.15) is 0 Å². The first-order chi connectivity index (χ1) is 10.7. The van der Waals surface area contributed by atoms with Crippen LogP contribution in [0.4, 0.5) is 5.69 Å². The third-order valence-corrected chi connectivity index (χ3v) is 4.37. The minimum atomic E-state index is 0.818. The van der Waals surface area contributed by atoms with E-state index >= 15 is 0 Å². The molecule has 4 rings (SSSR count). The van der Waals surface area contributed by atoms with Crippen LogP contribution in [0, 0.1) is 0 Å². The summed E-state index contributed by atoms with van der Waals surface area (Å²) < 4.78 is 1.97. The normalized spacial score (nSPS) is 16.5. The van der Waals surface area contributed by atoms with Crippen molar-refractivity contribution >= 4 is 16.7 Å². The second kappa shape index (κ2) is 5.14. The molecule has 0 bridgehead atoms. The number of H-pyrrole nitrogens is 1. The summed E-state index contributed by atoms with van der Waals surface area (Å²) in [4.78, 5) is 17.2. The zero-order valence-corrected chi connectivity index (χ0v) is 13.0. The zero-order valence-electron chi connectivity index (χ0n) is 13.0. The van der Waals surface area contributed by atoms with E-state index in [1.807, 2.05) is 17.8 Å². The van der Waals surface area contributed by atoms with Crippen LogP contribution in [0.2, 0.25) is 0 Å². The Balaban J connectivity index is 1.68. The highest BCUT2D eigenvalue weighted by Crippen LogP contribution is 2.24. The average molecular weight is 296 g/mol. The van der Waals surface area contributed by atoms with Crippen LogP contribution in [0.25, 0.3) is 22.7 Å². The smallest absolute Gasteiger partial charge is 0.175 e. The molecule has 0 atom stereocenters. The molecule has 3 heterocycles. The lowest BCUT2D eigenvalue weighted by Gasteiger charge is -2.34. The predicted molar refractivity (Wildman–Crippen MR) is 88.0 cm³/mol. The van der Waals surface area contributed by atoms with Crippen LogP contribution >= 0.6 is 0 Å². The van der Waals surface area contributed by atoms with Crippen LogP contribution in [-0.2, 0) is 7.05 Å². The number of nitrogens with zero attached hydrogens (tertiary/aromatic N) is 5. The summed E-state index contributed by atoms with van der Waals surface area (Å²) in [5, 5.41) is 0. The van der Waals surface area contributed by atoms with Gasteiger partial charge in [0.2, 0.25) is 0 Å². The Bertz CT molecular complexity index is 794. The molecule has 1 aliphatic rings. The number of rotatable bonds is 2. The van der Waals surface area contributed by atoms with E-state index in [1.54, 1.807) is 6.20 Å². The number of aromatic amines is 1. The number of hydrogen-bond acceptors (Lipinski definition) is 4. The molecule has 2 aromatic heterocycles. The molecule has 0 unspecified atom stereocenters. The van der Waals surface area contributed by atoms with Crippen molar-refractivity contribution in [3.05, 3.63) is 30.6 Å². The Hall–Kier alpha value is -2.34. The lowest BCUT2D eigenvalue weighted by Crippen LogP contribution is -2.44. The van der Waals surface area contributed by atoms with Gasteiger partial charge in [-0.25, -0.2) is 9.97 Å². The summed E-state index contributed by atoms with van der Waals surface area (Å²) >= 11 is 0. The summed E-state index contributed by atoms with van der Waals surface area (Å²) in [6.45, 7) is 4.36. The van der Waals surface area contributed by atoms with E-state index in [-0.39, 0.29) is 0 Å². The van der Waals surface area contributed by atoms with Gasteiger partial charge in [0.15, 0.2) is 11.6 Å². The number of piperazine rings is 1. The van der Waals surface area contributed by atoms with E-state index in [2.05, 4.69) is 50.0 Å². The molecule has 1 fully saturated rings. The summed E-state index contributed by atoms with van der Waals surface area (Å²) in [6, 6.07) is 6.45. The number of imidazole rings is 2. The molecule has 1 aliphatic heterocycles. The number of hydrogen-bond donors (Lipinski definition) is 1. The number of fused-ring (bicyclic) bond motifs is 1. The van der Waals surface area contributed by atoms with Crippen molar-refractivity contribution in [2.45, 2.75) is 0 Å². The fourth-order valence-corrected chi connectivity index (χ4v) is 2.96. The predicted octanol–water partition coefficient (Wildman–Crippen LogP) is 1.72. The number of anilines is 1. The van der Waals surface area contributed by atoms with Gasteiger partial charge in [-0.05, 0) is 25.2 Å². The zero-order chi connectivity index (χ0) is 15.1. The first kappa shape index (κ1) is 13.3. The van der Waals surface area contributed by atoms with Gasteiger partial charge in [0.25, 0.3) is 0 Å². The molecule has 0 saturated carbocycles. The van der Waals surface area contributed by atoms with Crippen LogP contribution in [-0.4, -0.2) is 57.6 Å². The van der Waals surface area contributed by atoms with Gasteiger partial charge in [0.1, 0.15) is 0 Å². The maximum absolute atomic E-state index is 4.65. The van der Waals surface area contributed by atoms with E-state index in [9.17, 15) is 0 Å². The molecule has 1 saturated heterocycles. The van der Waals surface area contributed by atoms with Crippen molar-refractivity contribution in [1.82, 2.24) is 24.4 Å². The molecular formula is C16H20N6. The molecule has 114 valence electrons. The van der Waals surface area contributed by atoms with Gasteiger partial charge >= 0.3 is 0 Å². The largest absolute Gasteiger partial charge is 0.369 e. The second-order valence-electron chi connectivity index (χ2n) is 5.94. The Morgan fingerprint density at radius 1 is 1.09 bits per heavy atom. The third-order valence-electron chi connectivity index (χ3n) is 4.37. The summed E-state index contributed by atoms with van der Waals surface area (Å²) in [5.74, 6) is 1.68. The molecule has 6 heteroatoms. The lowest BCUT2D eigenvalue weighted by molar-refractivity contribution is 0.313. The third kappa shape index (κ3) is 2.25. The molecular weight excluding hydrogens is 276 g/mol. The number of likely N-dealkylation sites (N-methyl/N-ethyl adjacent to an activating group) is 1. The van der Waals surface area contributed by atoms with Gasteiger partial charge in [-0.3, -0.25) is 0 Å². The maximum Gasteiger partial charge on any atom is 0.175 e. The molecule has 3 aromatic rings. The van der Waals surface area contributed by atoms with Gasteiger partial charge in [-0.1, -0.05) is 0 Å². The lowest BCUT2D eigenvalue weighted by atomic mass is 10.2. The van der Waals surface area contributed by atoms with Crippen molar-refractivity contribution in [2.75, 3.05) is 38.1 Å². The van der Waals surface area contributed by atoms with Crippen molar-refractivity contribution in [3.8, 4) is 11.6 Å². The summed E-state index contributed by atoms with van der Waals surface area (Å²) in [7, 11) is 4.15. The van der Waals surface area contributed by atoms with E-state index in [4.69, 9.17) is 0 Å². The maximum atomic E-state index is 4.65. The number of aryl methyl sites for hydroxylation is 1. The number of benzene rings is 1. The van der Waals surface area contributed by atoms with E-state index in [0.29, 0.717) is 0 Å². The van der Waals surface area contributed by atoms with Crippen molar-refractivity contribution in [2.24, 2.45) is 7.05 Å². The molecule has 22 heavy (non-hydrogen) atoms. The average Bonchev–Trinajstić information content (AvgIpc) is 3.12. The molecule has 0 amide bonds. The minimum Gasteiger partial charge on any atom is -0.369 e.